The molecule has 3 nitrogen and oxygen atoms in total. The van der Waals surface area contributed by atoms with Gasteiger partial charge in [-0.15, -0.1) is 12.4 Å². The van der Waals surface area contributed by atoms with Gasteiger partial charge >= 0.3 is 0 Å². The first-order valence-corrected chi connectivity index (χ1v) is 7.45. The summed E-state index contributed by atoms with van der Waals surface area (Å²) in [4.78, 5) is 4.52. The van der Waals surface area contributed by atoms with Gasteiger partial charge in [0.15, 0.2) is 5.17 Å². The molecular weight excluding hydrogens is 325 g/mol. The molecular formula is C12H12Cl3N3S. The molecule has 0 bridgehead atoms. The molecule has 0 aromatic heterocycles. The monoisotopic (exact) mass is 335 g/mol. The Labute approximate surface area is 132 Å². The standard InChI is InChI=1S/C12H11Cl2N3S.ClH/c13-7-1-4-9(10(14)5-7)11-6-18-12(17-16-11)15-8-2-3-8;/h1,4-5,8H,2-3,6H2,(H,15,17);1H. The Morgan fingerprint density at radius 1 is 1.32 bits per heavy atom. The predicted molar refractivity (Wildman–Crippen MR) is 86.3 cm³/mol. The van der Waals surface area contributed by atoms with Crippen molar-refractivity contribution in [3.63, 3.8) is 0 Å². The van der Waals surface area contributed by atoms with Crippen molar-refractivity contribution in [2.45, 2.75) is 18.9 Å². The number of halogens is 3. The number of rotatable bonds is 2. The normalized spacial score (nSPS) is 20.5. The molecule has 0 spiro atoms. The fourth-order valence-electron chi connectivity index (χ4n) is 1.61. The number of nitrogens with one attached hydrogen (secondary N) is 1. The van der Waals surface area contributed by atoms with Crippen LogP contribution in [0.2, 0.25) is 10.0 Å². The van der Waals surface area contributed by atoms with Crippen molar-refractivity contribution in [3.05, 3.63) is 33.8 Å². The number of nitrogens with zero attached hydrogens (tertiary/aromatic N) is 2. The van der Waals surface area contributed by atoms with Crippen LogP contribution in [0.5, 0.6) is 0 Å². The molecule has 1 N–H and O–H groups in total. The molecule has 1 aliphatic carbocycles. The second-order valence-corrected chi connectivity index (χ2v) is 6.06. The number of aliphatic imine (C=N–C) groups is 1. The van der Waals surface area contributed by atoms with Crippen LogP contribution in [0.1, 0.15) is 18.4 Å². The average Bonchev–Trinajstić information content (AvgIpc) is 3.15. The zero-order valence-electron chi connectivity index (χ0n) is 9.90. The van der Waals surface area contributed by atoms with E-state index in [-0.39, 0.29) is 12.4 Å². The smallest absolute Gasteiger partial charge is 0.177 e. The van der Waals surface area contributed by atoms with Crippen molar-refractivity contribution in [3.8, 4) is 0 Å². The molecule has 1 fully saturated rings. The van der Waals surface area contributed by atoms with Gasteiger partial charge in [-0.25, -0.2) is 0 Å². The van der Waals surface area contributed by atoms with Gasteiger partial charge in [0.2, 0.25) is 0 Å². The van der Waals surface area contributed by atoms with Gasteiger partial charge in [-0.05, 0) is 25.0 Å². The van der Waals surface area contributed by atoms with E-state index >= 15 is 0 Å². The lowest BCUT2D eigenvalue weighted by molar-refractivity contribution is 0.985. The molecule has 0 radical (unpaired) electrons. The highest BCUT2D eigenvalue weighted by molar-refractivity contribution is 8.14. The van der Waals surface area contributed by atoms with Crippen molar-refractivity contribution >= 4 is 58.3 Å². The maximum Gasteiger partial charge on any atom is 0.177 e. The second-order valence-electron chi connectivity index (χ2n) is 4.25. The molecule has 1 aromatic rings. The molecule has 1 aliphatic heterocycles. The van der Waals surface area contributed by atoms with Gasteiger partial charge in [0.05, 0.1) is 16.8 Å². The number of hydrogen-bond donors (Lipinski definition) is 1. The number of hydrazone groups is 1. The van der Waals surface area contributed by atoms with E-state index in [1.165, 1.54) is 12.8 Å². The minimum absolute atomic E-state index is 0. The summed E-state index contributed by atoms with van der Waals surface area (Å²) >= 11 is 13.7. The van der Waals surface area contributed by atoms with Crippen molar-refractivity contribution in [2.24, 2.45) is 10.1 Å². The van der Waals surface area contributed by atoms with Crippen molar-refractivity contribution < 1.29 is 0 Å². The summed E-state index contributed by atoms with van der Waals surface area (Å²) in [5.74, 6) is 0.778. The van der Waals surface area contributed by atoms with E-state index in [9.17, 15) is 0 Å². The Hall–Kier alpha value is -0.420. The van der Waals surface area contributed by atoms with Crippen LogP contribution in [0.25, 0.3) is 0 Å². The largest absolute Gasteiger partial charge is 0.258 e. The van der Waals surface area contributed by atoms with Crippen molar-refractivity contribution in [2.75, 3.05) is 5.75 Å². The summed E-state index contributed by atoms with van der Waals surface area (Å²) in [6.07, 6.45) is 2.40. The lowest BCUT2D eigenvalue weighted by Gasteiger charge is -2.15. The van der Waals surface area contributed by atoms with E-state index in [0.29, 0.717) is 16.1 Å². The van der Waals surface area contributed by atoms with Crippen LogP contribution < -0.4 is 5.43 Å². The summed E-state index contributed by atoms with van der Waals surface area (Å²) in [6.45, 7) is 0. The van der Waals surface area contributed by atoms with Crippen LogP contribution in [0, 0.1) is 0 Å². The maximum absolute atomic E-state index is 6.16. The van der Waals surface area contributed by atoms with Gasteiger partial charge in [-0.2, -0.15) is 5.10 Å². The summed E-state index contributed by atoms with van der Waals surface area (Å²) in [7, 11) is 0. The molecule has 0 amide bonds. The first-order valence-electron chi connectivity index (χ1n) is 5.71. The Bertz CT molecular complexity index is 541. The highest BCUT2D eigenvalue weighted by Gasteiger charge is 2.23. The zero-order valence-corrected chi connectivity index (χ0v) is 13.0. The van der Waals surface area contributed by atoms with Crippen LogP contribution in [-0.4, -0.2) is 22.7 Å². The highest BCUT2D eigenvalue weighted by atomic mass is 35.5. The summed E-state index contributed by atoms with van der Waals surface area (Å²) in [6, 6.07) is 5.97. The van der Waals surface area contributed by atoms with E-state index in [2.05, 4.69) is 15.5 Å². The van der Waals surface area contributed by atoms with Gasteiger partial charge in [0.1, 0.15) is 0 Å². The number of thioether (sulfide) groups is 1. The molecule has 0 unspecified atom stereocenters. The van der Waals surface area contributed by atoms with Crippen LogP contribution in [0.15, 0.2) is 28.3 Å². The molecule has 1 heterocycles. The lowest BCUT2D eigenvalue weighted by Crippen LogP contribution is -2.25. The molecule has 0 atom stereocenters. The fraction of sp³-hybridized carbons (Fsp3) is 0.333. The first kappa shape index (κ1) is 15.0. The van der Waals surface area contributed by atoms with Gasteiger partial charge in [0, 0.05) is 16.3 Å². The maximum atomic E-state index is 6.16. The van der Waals surface area contributed by atoms with E-state index in [1.807, 2.05) is 12.1 Å². The molecule has 102 valence electrons. The number of benzene rings is 1. The fourth-order valence-corrected chi connectivity index (χ4v) is 2.96. The Morgan fingerprint density at radius 3 is 2.68 bits per heavy atom. The number of hydrogen-bond acceptors (Lipinski definition) is 3. The zero-order chi connectivity index (χ0) is 12.5. The topological polar surface area (TPSA) is 36.8 Å². The SMILES string of the molecule is Cl.Clc1ccc(C2=NNC(=NC3CC3)SC2)c(Cl)c1. The van der Waals surface area contributed by atoms with Crippen LogP contribution in [0.4, 0.5) is 0 Å². The summed E-state index contributed by atoms with van der Waals surface area (Å²) < 4.78 is 0. The van der Waals surface area contributed by atoms with Crippen molar-refractivity contribution in [1.29, 1.82) is 0 Å². The Balaban J connectivity index is 0.00000133. The van der Waals surface area contributed by atoms with E-state index < -0.39 is 0 Å². The van der Waals surface area contributed by atoms with Crippen LogP contribution >= 0.6 is 47.4 Å². The third-order valence-electron chi connectivity index (χ3n) is 2.72. The minimum atomic E-state index is 0. The molecule has 1 aromatic carbocycles. The van der Waals surface area contributed by atoms with Crippen molar-refractivity contribution in [1.82, 2.24) is 5.43 Å². The third kappa shape index (κ3) is 3.78. The second kappa shape index (κ2) is 6.35. The molecule has 19 heavy (non-hydrogen) atoms. The first-order chi connectivity index (χ1) is 8.72. The van der Waals surface area contributed by atoms with Gasteiger partial charge in [-0.3, -0.25) is 10.4 Å². The summed E-state index contributed by atoms with van der Waals surface area (Å²) in [5, 5.41) is 6.52. The molecule has 0 saturated heterocycles. The van der Waals surface area contributed by atoms with E-state index in [0.717, 1.165) is 22.2 Å². The molecule has 2 aliphatic rings. The third-order valence-corrected chi connectivity index (χ3v) is 4.16. The Morgan fingerprint density at radius 2 is 2.11 bits per heavy atom. The van der Waals surface area contributed by atoms with Crippen LogP contribution in [-0.2, 0) is 0 Å². The predicted octanol–water partition coefficient (Wildman–Crippen LogP) is 3.97. The molecule has 3 rings (SSSR count). The molecule has 7 heteroatoms. The Kier molecular flexibility index (Phi) is 5.01. The van der Waals surface area contributed by atoms with E-state index in [1.54, 1.807) is 17.8 Å². The highest BCUT2D eigenvalue weighted by Crippen LogP contribution is 2.27. The van der Waals surface area contributed by atoms with Gasteiger partial charge in [0.25, 0.3) is 0 Å². The number of amidine groups is 1. The minimum Gasteiger partial charge on any atom is -0.258 e. The quantitative estimate of drug-likeness (QED) is 0.887. The van der Waals surface area contributed by atoms with Gasteiger partial charge < -0.3 is 0 Å². The summed E-state index contributed by atoms with van der Waals surface area (Å²) in [5.41, 5.74) is 4.84. The van der Waals surface area contributed by atoms with E-state index in [4.69, 9.17) is 23.2 Å². The lowest BCUT2D eigenvalue weighted by atomic mass is 10.1. The molecule has 1 saturated carbocycles. The van der Waals surface area contributed by atoms with Gasteiger partial charge in [-0.1, -0.05) is 41.0 Å². The average molecular weight is 337 g/mol. The van der Waals surface area contributed by atoms with Crippen LogP contribution in [0.3, 0.4) is 0 Å².